The van der Waals surface area contributed by atoms with Crippen molar-refractivity contribution in [3.05, 3.63) is 35.9 Å². The minimum absolute atomic E-state index is 0.208. The number of hydrogen-bond acceptors (Lipinski definition) is 2. The molecule has 88 valence electrons. The minimum Gasteiger partial charge on any atom is -0.297 e. The quantitative estimate of drug-likeness (QED) is 0.710. The Morgan fingerprint density at radius 2 is 1.81 bits per heavy atom. The van der Waals surface area contributed by atoms with Gasteiger partial charge in [0.25, 0.3) is 0 Å². The average molecular weight is 219 g/mol. The van der Waals surface area contributed by atoms with E-state index < -0.39 is 5.54 Å². The summed E-state index contributed by atoms with van der Waals surface area (Å²) in [6, 6.07) is 9.54. The number of rotatable bonds is 5. The van der Waals surface area contributed by atoms with Crippen LogP contribution in [-0.4, -0.2) is 30.3 Å². The van der Waals surface area contributed by atoms with Crippen LogP contribution < -0.4 is 0 Å². The van der Waals surface area contributed by atoms with Crippen molar-refractivity contribution in [2.45, 2.75) is 32.2 Å². The highest BCUT2D eigenvalue weighted by Gasteiger charge is 2.34. The van der Waals surface area contributed by atoms with Crippen LogP contribution in [0, 0.1) is 0 Å². The predicted molar refractivity (Wildman–Crippen MR) is 67.8 cm³/mol. The zero-order valence-electron chi connectivity index (χ0n) is 10.7. The van der Waals surface area contributed by atoms with Crippen LogP contribution in [0.25, 0.3) is 0 Å². The Bertz CT molecular complexity index is 345. The van der Waals surface area contributed by atoms with E-state index in [1.807, 2.05) is 56.3 Å². The van der Waals surface area contributed by atoms with Crippen LogP contribution in [0.15, 0.2) is 30.3 Å². The fourth-order valence-corrected chi connectivity index (χ4v) is 1.93. The number of ketones is 1. The minimum atomic E-state index is -0.393. The number of benzene rings is 1. The van der Waals surface area contributed by atoms with Crippen molar-refractivity contribution in [2.24, 2.45) is 0 Å². The second-order valence-corrected chi connectivity index (χ2v) is 4.61. The number of hydrogen-bond donors (Lipinski definition) is 0. The molecule has 1 unspecified atom stereocenters. The summed E-state index contributed by atoms with van der Waals surface area (Å²) in [6.07, 6.45) is 1.89. The van der Waals surface area contributed by atoms with Crippen molar-refractivity contribution in [1.29, 1.82) is 0 Å². The Morgan fingerprint density at radius 1 is 1.25 bits per heavy atom. The van der Waals surface area contributed by atoms with Gasteiger partial charge in [-0.2, -0.15) is 0 Å². The van der Waals surface area contributed by atoms with E-state index in [9.17, 15) is 4.79 Å². The maximum absolute atomic E-state index is 12.5. The number of carbonyl (C=O) groups excluding carboxylic acids is 1. The number of Topliss-reactive ketones (excluding diaryl/α,β-unsaturated/α-hetero) is 1. The third kappa shape index (κ3) is 2.50. The van der Waals surface area contributed by atoms with Gasteiger partial charge in [-0.1, -0.05) is 43.7 Å². The van der Waals surface area contributed by atoms with Gasteiger partial charge in [0.05, 0.1) is 5.54 Å². The summed E-state index contributed by atoms with van der Waals surface area (Å²) in [5.41, 5.74) is 0.406. The summed E-state index contributed by atoms with van der Waals surface area (Å²) in [5.74, 6) is 0.208. The summed E-state index contributed by atoms with van der Waals surface area (Å²) in [5, 5.41) is 0. The van der Waals surface area contributed by atoms with Gasteiger partial charge in [0.1, 0.15) is 0 Å². The third-order valence-corrected chi connectivity index (χ3v) is 3.25. The first-order chi connectivity index (χ1) is 7.52. The van der Waals surface area contributed by atoms with Gasteiger partial charge >= 0.3 is 0 Å². The van der Waals surface area contributed by atoms with E-state index in [-0.39, 0.29) is 5.78 Å². The molecule has 1 aromatic rings. The van der Waals surface area contributed by atoms with Gasteiger partial charge in [0.2, 0.25) is 0 Å². The summed E-state index contributed by atoms with van der Waals surface area (Å²) in [7, 11) is 3.94. The standard InChI is InChI=1S/C14H21NO/c1-5-11-14(2,15(3)4)13(16)12-9-7-6-8-10-12/h6-10H,5,11H2,1-4H3. The molecular weight excluding hydrogens is 198 g/mol. The van der Waals surface area contributed by atoms with Crippen LogP contribution in [-0.2, 0) is 0 Å². The molecule has 0 fully saturated rings. The zero-order chi connectivity index (χ0) is 12.2. The molecule has 0 N–H and O–H groups in total. The van der Waals surface area contributed by atoms with Gasteiger partial charge in [0.15, 0.2) is 5.78 Å². The molecular formula is C14H21NO. The first kappa shape index (κ1) is 12.9. The first-order valence-electron chi connectivity index (χ1n) is 5.79. The Morgan fingerprint density at radius 3 is 2.25 bits per heavy atom. The summed E-state index contributed by atoms with van der Waals surface area (Å²) >= 11 is 0. The molecule has 0 amide bonds. The van der Waals surface area contributed by atoms with Gasteiger partial charge in [0, 0.05) is 5.56 Å². The van der Waals surface area contributed by atoms with Crippen LogP contribution in [0.1, 0.15) is 37.0 Å². The second-order valence-electron chi connectivity index (χ2n) is 4.61. The molecule has 1 rings (SSSR count). The Kier molecular flexibility index (Phi) is 4.25. The molecule has 0 saturated heterocycles. The predicted octanol–water partition coefficient (Wildman–Crippen LogP) is 2.99. The number of nitrogens with zero attached hydrogens (tertiary/aromatic N) is 1. The van der Waals surface area contributed by atoms with Crippen molar-refractivity contribution in [3.63, 3.8) is 0 Å². The van der Waals surface area contributed by atoms with Crippen LogP contribution in [0.3, 0.4) is 0 Å². The molecule has 1 aromatic carbocycles. The van der Waals surface area contributed by atoms with Gasteiger partial charge in [-0.3, -0.25) is 9.69 Å². The van der Waals surface area contributed by atoms with E-state index in [4.69, 9.17) is 0 Å². The molecule has 0 radical (unpaired) electrons. The normalized spacial score (nSPS) is 14.8. The molecule has 2 heteroatoms. The highest BCUT2D eigenvalue weighted by atomic mass is 16.1. The molecule has 0 saturated carbocycles. The molecule has 0 aromatic heterocycles. The van der Waals surface area contributed by atoms with E-state index in [2.05, 4.69) is 6.92 Å². The van der Waals surface area contributed by atoms with E-state index >= 15 is 0 Å². The SMILES string of the molecule is CCCC(C)(C(=O)c1ccccc1)N(C)C. The lowest BCUT2D eigenvalue weighted by molar-refractivity contribution is 0.0697. The van der Waals surface area contributed by atoms with E-state index in [1.54, 1.807) is 0 Å². The molecule has 0 aliphatic heterocycles. The molecule has 0 heterocycles. The average Bonchev–Trinajstić information content (AvgIpc) is 2.29. The maximum atomic E-state index is 12.5. The van der Waals surface area contributed by atoms with E-state index in [0.717, 1.165) is 18.4 Å². The summed E-state index contributed by atoms with van der Waals surface area (Å²) < 4.78 is 0. The van der Waals surface area contributed by atoms with Gasteiger partial charge in [-0.15, -0.1) is 0 Å². The monoisotopic (exact) mass is 219 g/mol. The molecule has 0 bridgehead atoms. The van der Waals surface area contributed by atoms with Crippen molar-refractivity contribution >= 4 is 5.78 Å². The number of likely N-dealkylation sites (N-methyl/N-ethyl adjacent to an activating group) is 1. The van der Waals surface area contributed by atoms with E-state index in [0.29, 0.717) is 0 Å². The lowest BCUT2D eigenvalue weighted by Gasteiger charge is -2.35. The third-order valence-electron chi connectivity index (χ3n) is 3.25. The first-order valence-corrected chi connectivity index (χ1v) is 5.79. The lowest BCUT2D eigenvalue weighted by Crippen LogP contribution is -2.48. The maximum Gasteiger partial charge on any atom is 0.182 e. The van der Waals surface area contributed by atoms with Crippen LogP contribution in [0.5, 0.6) is 0 Å². The Labute approximate surface area is 98.3 Å². The zero-order valence-corrected chi connectivity index (χ0v) is 10.7. The smallest absolute Gasteiger partial charge is 0.182 e. The molecule has 0 aliphatic carbocycles. The topological polar surface area (TPSA) is 20.3 Å². The fraction of sp³-hybridized carbons (Fsp3) is 0.500. The molecule has 1 atom stereocenters. The molecule has 2 nitrogen and oxygen atoms in total. The van der Waals surface area contributed by atoms with Crippen LogP contribution >= 0.6 is 0 Å². The molecule has 0 aliphatic rings. The van der Waals surface area contributed by atoms with Gasteiger partial charge in [-0.05, 0) is 27.4 Å². The second kappa shape index (κ2) is 5.26. The van der Waals surface area contributed by atoms with Crippen molar-refractivity contribution in [3.8, 4) is 0 Å². The van der Waals surface area contributed by atoms with Crippen molar-refractivity contribution in [2.75, 3.05) is 14.1 Å². The Hall–Kier alpha value is -1.15. The molecule has 0 spiro atoms. The van der Waals surface area contributed by atoms with Gasteiger partial charge < -0.3 is 0 Å². The Balaban J connectivity index is 3.01. The molecule has 16 heavy (non-hydrogen) atoms. The number of carbonyl (C=O) groups is 1. The fourth-order valence-electron chi connectivity index (χ4n) is 1.93. The van der Waals surface area contributed by atoms with Gasteiger partial charge in [-0.25, -0.2) is 0 Å². The highest BCUT2D eigenvalue weighted by molar-refractivity contribution is 6.02. The van der Waals surface area contributed by atoms with Crippen LogP contribution in [0.2, 0.25) is 0 Å². The highest BCUT2D eigenvalue weighted by Crippen LogP contribution is 2.23. The van der Waals surface area contributed by atoms with Crippen molar-refractivity contribution in [1.82, 2.24) is 4.90 Å². The van der Waals surface area contributed by atoms with Crippen LogP contribution in [0.4, 0.5) is 0 Å². The summed E-state index contributed by atoms with van der Waals surface area (Å²) in [4.78, 5) is 14.5. The lowest BCUT2D eigenvalue weighted by atomic mass is 9.86. The largest absolute Gasteiger partial charge is 0.297 e. The summed E-state index contributed by atoms with van der Waals surface area (Å²) in [6.45, 7) is 4.13. The van der Waals surface area contributed by atoms with E-state index in [1.165, 1.54) is 0 Å². The van der Waals surface area contributed by atoms with Crippen molar-refractivity contribution < 1.29 is 4.79 Å².